The second-order valence-electron chi connectivity index (χ2n) is 4.35. The van der Waals surface area contributed by atoms with Gasteiger partial charge in [-0.25, -0.2) is 0 Å². The highest BCUT2D eigenvalue weighted by Crippen LogP contribution is 2.29. The number of nitrogens with zero attached hydrogens (tertiary/aromatic N) is 1. The number of ether oxygens (including phenoxy) is 1. The summed E-state index contributed by atoms with van der Waals surface area (Å²) in [6, 6.07) is 5.54. The van der Waals surface area contributed by atoms with Crippen molar-refractivity contribution in [2.24, 2.45) is 0 Å². The highest BCUT2D eigenvalue weighted by molar-refractivity contribution is 6.11. The van der Waals surface area contributed by atoms with Gasteiger partial charge in [-0.05, 0) is 12.1 Å². The van der Waals surface area contributed by atoms with Crippen LogP contribution in [0.5, 0.6) is 0 Å². The van der Waals surface area contributed by atoms with E-state index in [-0.39, 0.29) is 17.7 Å². The Kier molecular flexibility index (Phi) is 4.29. The summed E-state index contributed by atoms with van der Waals surface area (Å²) in [4.78, 5) is 12.2. The predicted molar refractivity (Wildman–Crippen MR) is 67.2 cm³/mol. The number of carbonyl (C=O) groups excluding carboxylic acids is 1. The number of Topliss-reactive ketones (excluding diaryl/α,β-unsaturated/α-hetero) is 1. The van der Waals surface area contributed by atoms with Crippen molar-refractivity contribution in [3.05, 3.63) is 46.7 Å². The molecule has 0 unspecified atom stereocenters. The van der Waals surface area contributed by atoms with Gasteiger partial charge in [-0.3, -0.25) is 4.79 Å². The molecule has 1 aromatic rings. The first-order valence-corrected chi connectivity index (χ1v) is 6.10. The quantitative estimate of drug-likeness (QED) is 0.517. The normalized spacial score (nSPS) is 17.6. The lowest BCUT2D eigenvalue weighted by atomic mass is 10.0. The summed E-state index contributed by atoms with van der Waals surface area (Å²) in [6.07, 6.45) is -4.46. The summed E-state index contributed by atoms with van der Waals surface area (Å²) in [5.74, 6) is -0.626. The SMILES string of the molecule is N#CC(C(=O)c1ccc(C(F)(F)F)cc1)=C1COCCN1. The van der Waals surface area contributed by atoms with Crippen LogP contribution in [-0.4, -0.2) is 25.5 Å². The minimum Gasteiger partial charge on any atom is -0.383 e. The molecule has 0 spiro atoms. The van der Waals surface area contributed by atoms with Gasteiger partial charge < -0.3 is 10.1 Å². The lowest BCUT2D eigenvalue weighted by molar-refractivity contribution is -0.137. The van der Waals surface area contributed by atoms with Crippen molar-refractivity contribution in [1.29, 1.82) is 5.26 Å². The number of allylic oxidation sites excluding steroid dienone is 1. The number of rotatable bonds is 2. The molecule has 1 aliphatic heterocycles. The summed E-state index contributed by atoms with van der Waals surface area (Å²) in [7, 11) is 0. The van der Waals surface area contributed by atoms with Crippen molar-refractivity contribution in [1.82, 2.24) is 5.32 Å². The van der Waals surface area contributed by atoms with Crippen LogP contribution in [0.1, 0.15) is 15.9 Å². The van der Waals surface area contributed by atoms with Crippen LogP contribution in [-0.2, 0) is 10.9 Å². The molecule has 0 saturated carbocycles. The van der Waals surface area contributed by atoms with E-state index in [0.717, 1.165) is 24.3 Å². The van der Waals surface area contributed by atoms with Crippen LogP contribution in [0.3, 0.4) is 0 Å². The molecule has 1 aromatic carbocycles. The maximum atomic E-state index is 12.5. The molecule has 0 radical (unpaired) electrons. The zero-order valence-corrected chi connectivity index (χ0v) is 10.8. The Morgan fingerprint density at radius 2 is 1.95 bits per heavy atom. The van der Waals surface area contributed by atoms with Crippen molar-refractivity contribution in [3.63, 3.8) is 0 Å². The fourth-order valence-electron chi connectivity index (χ4n) is 1.87. The molecule has 0 aromatic heterocycles. The van der Waals surface area contributed by atoms with Crippen LogP contribution >= 0.6 is 0 Å². The summed E-state index contributed by atoms with van der Waals surface area (Å²) >= 11 is 0. The number of hydrogen-bond donors (Lipinski definition) is 1. The smallest absolute Gasteiger partial charge is 0.383 e. The third-order valence-electron chi connectivity index (χ3n) is 2.95. The summed E-state index contributed by atoms with van der Waals surface area (Å²) < 4.78 is 42.5. The van der Waals surface area contributed by atoms with Crippen molar-refractivity contribution in [2.75, 3.05) is 19.8 Å². The van der Waals surface area contributed by atoms with Crippen molar-refractivity contribution in [2.45, 2.75) is 6.18 Å². The van der Waals surface area contributed by atoms with Crippen LogP contribution in [0.15, 0.2) is 35.5 Å². The Balaban J connectivity index is 2.29. The van der Waals surface area contributed by atoms with Gasteiger partial charge >= 0.3 is 6.18 Å². The minimum absolute atomic E-state index is 0.0272. The van der Waals surface area contributed by atoms with Crippen LogP contribution in [0.4, 0.5) is 13.2 Å². The average Bonchev–Trinajstić information content (AvgIpc) is 2.48. The molecule has 1 N–H and O–H groups in total. The molecule has 7 heteroatoms. The Hall–Kier alpha value is -2.33. The van der Waals surface area contributed by atoms with E-state index in [1.807, 2.05) is 0 Å². The number of nitriles is 1. The second-order valence-corrected chi connectivity index (χ2v) is 4.35. The van der Waals surface area contributed by atoms with E-state index < -0.39 is 17.5 Å². The maximum absolute atomic E-state index is 12.5. The summed E-state index contributed by atoms with van der Waals surface area (Å²) in [5.41, 5.74) is -0.605. The molecule has 21 heavy (non-hydrogen) atoms. The number of benzene rings is 1. The zero-order chi connectivity index (χ0) is 15.5. The minimum atomic E-state index is -4.46. The number of halogens is 3. The molecule has 0 amide bonds. The number of morpholine rings is 1. The van der Waals surface area contributed by atoms with E-state index in [0.29, 0.717) is 18.8 Å². The Labute approximate surface area is 118 Å². The molecule has 0 atom stereocenters. The first-order chi connectivity index (χ1) is 9.93. The van der Waals surface area contributed by atoms with Gasteiger partial charge in [-0.2, -0.15) is 18.4 Å². The molecule has 4 nitrogen and oxygen atoms in total. The molecular formula is C14H11F3N2O2. The Bertz CT molecular complexity index is 605. The van der Waals surface area contributed by atoms with Gasteiger partial charge in [-0.1, -0.05) is 12.1 Å². The summed E-state index contributed by atoms with van der Waals surface area (Å²) in [5, 5.41) is 12.0. The number of ketones is 1. The van der Waals surface area contributed by atoms with Crippen LogP contribution in [0.25, 0.3) is 0 Å². The van der Waals surface area contributed by atoms with Gasteiger partial charge in [0, 0.05) is 12.1 Å². The van der Waals surface area contributed by atoms with E-state index in [1.165, 1.54) is 0 Å². The molecular weight excluding hydrogens is 285 g/mol. The van der Waals surface area contributed by atoms with E-state index in [4.69, 9.17) is 10.00 Å². The second kappa shape index (κ2) is 5.97. The average molecular weight is 296 g/mol. The molecule has 2 rings (SSSR count). The first-order valence-electron chi connectivity index (χ1n) is 6.10. The van der Waals surface area contributed by atoms with Crippen molar-refractivity contribution < 1.29 is 22.7 Å². The Morgan fingerprint density at radius 3 is 2.43 bits per heavy atom. The molecule has 1 heterocycles. The monoisotopic (exact) mass is 296 g/mol. The van der Waals surface area contributed by atoms with Gasteiger partial charge in [0.1, 0.15) is 11.6 Å². The molecule has 110 valence electrons. The largest absolute Gasteiger partial charge is 0.416 e. The maximum Gasteiger partial charge on any atom is 0.416 e. The van der Waals surface area contributed by atoms with E-state index in [1.54, 1.807) is 6.07 Å². The highest BCUT2D eigenvalue weighted by Gasteiger charge is 2.30. The molecule has 1 saturated heterocycles. The van der Waals surface area contributed by atoms with Crippen LogP contribution < -0.4 is 5.32 Å². The van der Waals surface area contributed by atoms with Crippen molar-refractivity contribution in [3.8, 4) is 6.07 Å². The molecule has 1 fully saturated rings. The topological polar surface area (TPSA) is 62.1 Å². The number of nitrogens with one attached hydrogen (secondary N) is 1. The summed E-state index contributed by atoms with van der Waals surface area (Å²) in [6.45, 7) is 1.05. The van der Waals surface area contributed by atoms with Crippen LogP contribution in [0.2, 0.25) is 0 Å². The molecule has 1 aliphatic rings. The molecule has 0 aliphatic carbocycles. The van der Waals surface area contributed by atoms with Gasteiger partial charge in [0.15, 0.2) is 0 Å². The number of carbonyl (C=O) groups is 1. The van der Waals surface area contributed by atoms with Crippen LogP contribution in [0, 0.1) is 11.3 Å². The number of hydrogen-bond acceptors (Lipinski definition) is 4. The lowest BCUT2D eigenvalue weighted by Crippen LogP contribution is -2.31. The Morgan fingerprint density at radius 1 is 1.29 bits per heavy atom. The van der Waals surface area contributed by atoms with E-state index in [2.05, 4.69) is 5.32 Å². The zero-order valence-electron chi connectivity index (χ0n) is 10.8. The van der Waals surface area contributed by atoms with Gasteiger partial charge in [0.05, 0.1) is 24.5 Å². The standard InChI is InChI=1S/C14H11F3N2O2/c15-14(16,17)10-3-1-9(2-4-10)13(20)11(7-18)12-8-21-6-5-19-12/h1-4,19H,5-6,8H2. The molecule has 0 bridgehead atoms. The fraction of sp³-hybridized carbons (Fsp3) is 0.286. The highest BCUT2D eigenvalue weighted by atomic mass is 19.4. The fourth-order valence-corrected chi connectivity index (χ4v) is 1.87. The lowest BCUT2D eigenvalue weighted by Gasteiger charge is -2.18. The third kappa shape index (κ3) is 3.41. The van der Waals surface area contributed by atoms with Gasteiger partial charge in [0.25, 0.3) is 0 Å². The van der Waals surface area contributed by atoms with E-state index in [9.17, 15) is 18.0 Å². The van der Waals surface area contributed by atoms with E-state index >= 15 is 0 Å². The van der Waals surface area contributed by atoms with Gasteiger partial charge in [0.2, 0.25) is 5.78 Å². The van der Waals surface area contributed by atoms with Crippen molar-refractivity contribution >= 4 is 5.78 Å². The number of alkyl halides is 3. The predicted octanol–water partition coefficient (Wildman–Crippen LogP) is 2.29. The third-order valence-corrected chi connectivity index (χ3v) is 2.95. The van der Waals surface area contributed by atoms with Gasteiger partial charge in [-0.15, -0.1) is 0 Å². The first kappa shape index (κ1) is 15.1.